The van der Waals surface area contributed by atoms with Crippen LogP contribution in [0.2, 0.25) is 0 Å². The summed E-state index contributed by atoms with van der Waals surface area (Å²) in [7, 11) is 0. The van der Waals surface area contributed by atoms with E-state index in [1.807, 2.05) is 32.0 Å². The Morgan fingerprint density at radius 1 is 1.45 bits per heavy atom. The Bertz CT molecular complexity index is 491. The quantitative estimate of drug-likeness (QED) is 0.711. The molecule has 6 heteroatoms. The zero-order valence-electron chi connectivity index (χ0n) is 11.7. The summed E-state index contributed by atoms with van der Waals surface area (Å²) in [6.07, 6.45) is 0.842. The summed E-state index contributed by atoms with van der Waals surface area (Å²) in [4.78, 5) is 22.4. The average Bonchev–Trinajstić information content (AvgIpc) is 2.40. The van der Waals surface area contributed by atoms with Crippen LogP contribution >= 0.6 is 11.8 Å². The Kier molecular flexibility index (Phi) is 6.54. The van der Waals surface area contributed by atoms with Crippen LogP contribution in [0.25, 0.3) is 0 Å². The van der Waals surface area contributed by atoms with Gasteiger partial charge in [0.25, 0.3) is 0 Å². The maximum Gasteiger partial charge on any atom is 0.321 e. The Balaban J connectivity index is 2.53. The first-order chi connectivity index (χ1) is 9.45. The van der Waals surface area contributed by atoms with Crippen molar-refractivity contribution in [2.75, 3.05) is 16.8 Å². The van der Waals surface area contributed by atoms with Crippen molar-refractivity contribution in [3.63, 3.8) is 0 Å². The predicted octanol–water partition coefficient (Wildman–Crippen LogP) is 1.64. The molecule has 0 bridgehead atoms. The van der Waals surface area contributed by atoms with E-state index >= 15 is 0 Å². The summed E-state index contributed by atoms with van der Waals surface area (Å²) in [6, 6.07) is 4.96. The predicted molar refractivity (Wildman–Crippen MR) is 82.1 cm³/mol. The van der Waals surface area contributed by atoms with Crippen LogP contribution in [0.15, 0.2) is 18.2 Å². The molecule has 1 rings (SSSR count). The van der Waals surface area contributed by atoms with Crippen molar-refractivity contribution in [2.45, 2.75) is 26.3 Å². The third-order valence-electron chi connectivity index (χ3n) is 2.85. The molecule has 0 spiro atoms. The summed E-state index contributed by atoms with van der Waals surface area (Å²) in [5.74, 6) is -0.781. The minimum atomic E-state index is -1.05. The number of carboxylic acid groups (broad SMARTS) is 1. The Hall–Kier alpha value is -1.53. The van der Waals surface area contributed by atoms with Crippen LogP contribution in [-0.4, -0.2) is 34.5 Å². The lowest BCUT2D eigenvalue weighted by Gasteiger charge is -2.13. The van der Waals surface area contributed by atoms with Gasteiger partial charge in [-0.05, 0) is 24.5 Å². The second-order valence-corrected chi connectivity index (χ2v) is 5.50. The van der Waals surface area contributed by atoms with E-state index in [4.69, 9.17) is 10.8 Å². The SMILES string of the molecule is CCc1cccc(C)c1NC(=O)CSCC(N)C(=O)O. The van der Waals surface area contributed by atoms with Crippen LogP contribution in [0.4, 0.5) is 5.69 Å². The number of carbonyl (C=O) groups is 2. The van der Waals surface area contributed by atoms with Gasteiger partial charge in [-0.15, -0.1) is 11.8 Å². The molecular weight excluding hydrogens is 276 g/mol. The highest BCUT2D eigenvalue weighted by molar-refractivity contribution is 8.00. The number of hydrogen-bond donors (Lipinski definition) is 3. The molecule has 0 aliphatic rings. The minimum Gasteiger partial charge on any atom is -0.480 e. The monoisotopic (exact) mass is 296 g/mol. The fourth-order valence-corrected chi connectivity index (χ4v) is 2.50. The summed E-state index contributed by atoms with van der Waals surface area (Å²) < 4.78 is 0. The topological polar surface area (TPSA) is 92.4 Å². The first-order valence-corrected chi connectivity index (χ1v) is 7.55. The van der Waals surface area contributed by atoms with E-state index in [1.165, 1.54) is 11.8 Å². The van der Waals surface area contributed by atoms with Gasteiger partial charge in [-0.1, -0.05) is 25.1 Å². The van der Waals surface area contributed by atoms with E-state index < -0.39 is 12.0 Å². The van der Waals surface area contributed by atoms with Crippen LogP contribution in [0.3, 0.4) is 0 Å². The standard InChI is InChI=1S/C14H20N2O3S/c1-3-10-6-4-5-9(2)13(10)16-12(17)8-20-7-11(15)14(18)19/h4-6,11H,3,7-8,15H2,1-2H3,(H,16,17)(H,18,19). The van der Waals surface area contributed by atoms with E-state index in [2.05, 4.69) is 5.32 Å². The molecule has 4 N–H and O–H groups in total. The number of nitrogens with two attached hydrogens (primary N) is 1. The molecular formula is C14H20N2O3S. The number of benzene rings is 1. The number of hydrogen-bond acceptors (Lipinski definition) is 4. The number of nitrogens with one attached hydrogen (secondary N) is 1. The molecule has 20 heavy (non-hydrogen) atoms. The molecule has 0 radical (unpaired) electrons. The number of rotatable bonds is 7. The van der Waals surface area contributed by atoms with Gasteiger partial charge in [-0.25, -0.2) is 0 Å². The molecule has 1 amide bonds. The number of amides is 1. The number of carboxylic acids is 1. The van der Waals surface area contributed by atoms with Gasteiger partial charge >= 0.3 is 5.97 Å². The molecule has 0 saturated carbocycles. The molecule has 1 aromatic rings. The van der Waals surface area contributed by atoms with Crippen LogP contribution < -0.4 is 11.1 Å². The molecule has 0 fully saturated rings. The Morgan fingerprint density at radius 3 is 2.75 bits per heavy atom. The normalized spacial score (nSPS) is 11.9. The summed E-state index contributed by atoms with van der Waals surface area (Å²) in [6.45, 7) is 3.98. The van der Waals surface area contributed by atoms with E-state index in [-0.39, 0.29) is 17.4 Å². The summed E-state index contributed by atoms with van der Waals surface area (Å²) in [5.41, 5.74) is 8.33. The molecule has 0 aliphatic heterocycles. The third kappa shape index (κ3) is 4.86. The number of thioether (sulfide) groups is 1. The highest BCUT2D eigenvalue weighted by Gasteiger charge is 2.13. The van der Waals surface area contributed by atoms with E-state index in [9.17, 15) is 9.59 Å². The van der Waals surface area contributed by atoms with Gasteiger partial charge < -0.3 is 16.2 Å². The largest absolute Gasteiger partial charge is 0.480 e. The van der Waals surface area contributed by atoms with E-state index in [0.29, 0.717) is 0 Å². The van der Waals surface area contributed by atoms with Crippen LogP contribution in [0.1, 0.15) is 18.1 Å². The molecule has 1 atom stereocenters. The van der Waals surface area contributed by atoms with Crippen molar-refractivity contribution in [1.29, 1.82) is 0 Å². The zero-order chi connectivity index (χ0) is 15.1. The minimum absolute atomic E-state index is 0.142. The fourth-order valence-electron chi connectivity index (χ4n) is 1.73. The highest BCUT2D eigenvalue weighted by atomic mass is 32.2. The van der Waals surface area contributed by atoms with Gasteiger partial charge in [0, 0.05) is 11.4 Å². The van der Waals surface area contributed by atoms with Crippen LogP contribution in [-0.2, 0) is 16.0 Å². The lowest BCUT2D eigenvalue weighted by atomic mass is 10.1. The molecule has 110 valence electrons. The summed E-state index contributed by atoms with van der Waals surface area (Å²) >= 11 is 1.22. The zero-order valence-corrected chi connectivity index (χ0v) is 12.5. The van der Waals surface area contributed by atoms with Gasteiger partial charge in [0.2, 0.25) is 5.91 Å². The van der Waals surface area contributed by atoms with Crippen LogP contribution in [0, 0.1) is 6.92 Å². The maximum atomic E-state index is 11.9. The molecule has 1 unspecified atom stereocenters. The second kappa shape index (κ2) is 7.91. The second-order valence-electron chi connectivity index (χ2n) is 4.47. The number of anilines is 1. The molecule has 0 aromatic heterocycles. The first-order valence-electron chi connectivity index (χ1n) is 6.40. The van der Waals surface area contributed by atoms with E-state index in [1.54, 1.807) is 0 Å². The first kappa shape index (κ1) is 16.5. The lowest BCUT2D eigenvalue weighted by Crippen LogP contribution is -2.33. The molecule has 0 heterocycles. The van der Waals surface area contributed by atoms with Gasteiger partial charge in [0.1, 0.15) is 6.04 Å². The lowest BCUT2D eigenvalue weighted by molar-refractivity contribution is -0.137. The van der Waals surface area contributed by atoms with Crippen molar-refractivity contribution in [2.24, 2.45) is 5.73 Å². The molecule has 0 saturated heterocycles. The Labute approximate surface area is 122 Å². The van der Waals surface area contributed by atoms with Gasteiger partial charge in [-0.3, -0.25) is 9.59 Å². The van der Waals surface area contributed by atoms with Crippen molar-refractivity contribution in [3.05, 3.63) is 29.3 Å². The van der Waals surface area contributed by atoms with Crippen molar-refractivity contribution < 1.29 is 14.7 Å². The van der Waals surface area contributed by atoms with Gasteiger partial charge in [0.05, 0.1) is 5.75 Å². The molecule has 0 aliphatic carbocycles. The van der Waals surface area contributed by atoms with E-state index in [0.717, 1.165) is 23.2 Å². The molecule has 5 nitrogen and oxygen atoms in total. The van der Waals surface area contributed by atoms with Crippen molar-refractivity contribution >= 4 is 29.3 Å². The number of aryl methyl sites for hydroxylation is 2. The van der Waals surface area contributed by atoms with Crippen molar-refractivity contribution in [1.82, 2.24) is 0 Å². The number of para-hydroxylation sites is 1. The van der Waals surface area contributed by atoms with Gasteiger partial charge in [-0.2, -0.15) is 0 Å². The summed E-state index contributed by atoms with van der Waals surface area (Å²) in [5, 5.41) is 11.5. The fraction of sp³-hybridized carbons (Fsp3) is 0.429. The van der Waals surface area contributed by atoms with Crippen molar-refractivity contribution in [3.8, 4) is 0 Å². The number of aliphatic carboxylic acids is 1. The smallest absolute Gasteiger partial charge is 0.321 e. The van der Waals surface area contributed by atoms with Crippen LogP contribution in [0.5, 0.6) is 0 Å². The molecule has 1 aromatic carbocycles. The number of carbonyl (C=O) groups excluding carboxylic acids is 1. The maximum absolute atomic E-state index is 11.9. The third-order valence-corrected chi connectivity index (χ3v) is 3.91. The average molecular weight is 296 g/mol. The van der Waals surface area contributed by atoms with Gasteiger partial charge in [0.15, 0.2) is 0 Å². The highest BCUT2D eigenvalue weighted by Crippen LogP contribution is 2.21. The Morgan fingerprint density at radius 2 is 2.15 bits per heavy atom.